The Hall–Kier alpha value is -6.39. The van der Waals surface area contributed by atoms with Gasteiger partial charge in [-0.2, -0.15) is 0 Å². The number of furan rings is 1. The van der Waals surface area contributed by atoms with E-state index in [1.165, 1.54) is 10.5 Å². The van der Waals surface area contributed by atoms with Gasteiger partial charge >= 0.3 is 0 Å². The van der Waals surface area contributed by atoms with Crippen LogP contribution in [-0.4, -0.2) is 9.55 Å². The maximum atomic E-state index is 16.4. The van der Waals surface area contributed by atoms with Crippen LogP contribution < -0.4 is 15.9 Å². The van der Waals surface area contributed by atoms with E-state index in [0.717, 1.165) is 87.5 Å². The molecule has 56 heavy (non-hydrogen) atoms. The van der Waals surface area contributed by atoms with Gasteiger partial charge in [0.2, 0.25) is 0 Å². The molecule has 0 amide bonds. The fourth-order valence-electron chi connectivity index (χ4n) is 9.40. The van der Waals surface area contributed by atoms with Crippen LogP contribution in [0.4, 0.5) is 0 Å². The summed E-state index contributed by atoms with van der Waals surface area (Å²) in [5.74, 6) is 0.887. The van der Waals surface area contributed by atoms with E-state index in [-0.39, 0.29) is 0 Å². The molecule has 0 aliphatic carbocycles. The van der Waals surface area contributed by atoms with Gasteiger partial charge < -0.3 is 8.98 Å². The zero-order valence-corrected chi connectivity index (χ0v) is 31.7. The summed E-state index contributed by atoms with van der Waals surface area (Å²) in [6, 6.07) is 65.5. The van der Waals surface area contributed by atoms with Crippen molar-refractivity contribution >= 4 is 67.8 Å². The van der Waals surface area contributed by atoms with Crippen molar-refractivity contribution in [2.24, 2.45) is 0 Å². The van der Waals surface area contributed by atoms with Crippen molar-refractivity contribution in [2.75, 3.05) is 0 Å². The highest BCUT2D eigenvalue weighted by atomic mass is 32.2. The molecule has 0 radical (unpaired) electrons. The molecule has 2 aliphatic heterocycles. The van der Waals surface area contributed by atoms with Crippen molar-refractivity contribution < 1.29 is 8.98 Å². The summed E-state index contributed by atoms with van der Waals surface area (Å²) in [7, 11) is -3.40. The van der Waals surface area contributed by atoms with Gasteiger partial charge in [0, 0.05) is 47.7 Å². The van der Waals surface area contributed by atoms with Gasteiger partial charge in [0.15, 0.2) is 7.14 Å². The van der Waals surface area contributed by atoms with E-state index in [1.807, 2.05) is 60.7 Å². The van der Waals surface area contributed by atoms with Crippen molar-refractivity contribution in [1.82, 2.24) is 9.55 Å². The van der Waals surface area contributed by atoms with Crippen molar-refractivity contribution in [3.63, 3.8) is 0 Å². The Balaban J connectivity index is 1.21. The largest absolute Gasteiger partial charge is 0.456 e. The zero-order chi connectivity index (χ0) is 37.0. The fraction of sp³-hybridized carbons (Fsp3) is 0.0200. The van der Waals surface area contributed by atoms with Gasteiger partial charge in [-0.25, -0.2) is 4.98 Å². The van der Waals surface area contributed by atoms with E-state index in [1.54, 1.807) is 11.8 Å². The van der Waals surface area contributed by atoms with Crippen LogP contribution in [0.3, 0.4) is 0 Å². The van der Waals surface area contributed by atoms with Gasteiger partial charge in [-0.1, -0.05) is 145 Å². The van der Waals surface area contributed by atoms with Crippen molar-refractivity contribution in [1.29, 1.82) is 0 Å². The third-order valence-corrected chi connectivity index (χ3v) is 16.0. The molecule has 0 fully saturated rings. The van der Waals surface area contributed by atoms with Gasteiger partial charge in [-0.3, -0.25) is 4.57 Å². The topological polar surface area (TPSA) is 48.0 Å². The molecule has 4 nitrogen and oxygen atoms in total. The number of hydrogen-bond donors (Lipinski definition) is 0. The predicted molar refractivity (Wildman–Crippen MR) is 229 cm³/mol. The summed E-state index contributed by atoms with van der Waals surface area (Å²) < 4.78 is 25.2. The quantitative estimate of drug-likeness (QED) is 0.169. The Morgan fingerprint density at radius 1 is 0.536 bits per heavy atom. The molecule has 2 aliphatic rings. The Morgan fingerprint density at radius 3 is 2.11 bits per heavy atom. The number of rotatable bonds is 3. The van der Waals surface area contributed by atoms with Crippen molar-refractivity contribution in [2.45, 2.75) is 15.2 Å². The number of nitrogens with zero attached hydrogens (tertiary/aromatic N) is 2. The molecule has 12 rings (SSSR count). The van der Waals surface area contributed by atoms with Crippen LogP contribution in [0.15, 0.2) is 202 Å². The summed E-state index contributed by atoms with van der Waals surface area (Å²) in [6.07, 6.45) is 0. The Morgan fingerprint density at radius 2 is 1.23 bits per heavy atom. The van der Waals surface area contributed by atoms with Crippen LogP contribution in [0.1, 0.15) is 22.3 Å². The lowest BCUT2D eigenvalue weighted by atomic mass is 9.64. The minimum Gasteiger partial charge on any atom is -0.456 e. The van der Waals surface area contributed by atoms with E-state index in [4.69, 9.17) is 9.40 Å². The molecule has 0 N–H and O–H groups in total. The average molecular weight is 755 g/mol. The first-order valence-electron chi connectivity index (χ1n) is 18.8. The highest BCUT2D eigenvalue weighted by Gasteiger charge is 2.54. The highest BCUT2D eigenvalue weighted by Crippen LogP contribution is 2.62. The first-order chi connectivity index (χ1) is 27.6. The van der Waals surface area contributed by atoms with Crippen LogP contribution in [0.2, 0.25) is 0 Å². The molecule has 8 aromatic carbocycles. The lowest BCUT2D eigenvalue weighted by Crippen LogP contribution is -2.48. The summed E-state index contributed by atoms with van der Waals surface area (Å²) in [5.41, 5.74) is 9.29. The average Bonchev–Trinajstić information content (AvgIpc) is 3.84. The molecule has 0 bridgehead atoms. The molecular formula is C50H31N2O2PS. The molecule has 2 atom stereocenters. The van der Waals surface area contributed by atoms with Crippen LogP contribution in [0.25, 0.3) is 50.0 Å². The normalized spacial score (nSPS) is 18.1. The second kappa shape index (κ2) is 11.8. The summed E-state index contributed by atoms with van der Waals surface area (Å²) >= 11 is 1.80. The van der Waals surface area contributed by atoms with Gasteiger partial charge in [0.1, 0.15) is 17.0 Å². The number of fused-ring (bicyclic) bond motifs is 12. The van der Waals surface area contributed by atoms with Crippen LogP contribution in [-0.2, 0) is 9.98 Å². The van der Waals surface area contributed by atoms with Gasteiger partial charge in [0.25, 0.3) is 0 Å². The highest BCUT2D eigenvalue weighted by molar-refractivity contribution is 7.99. The number of aromatic nitrogens is 2. The SMILES string of the molecule is O=P1(c2ccccc2)c2ccccc2C2(c3ccccc3Sc3cc(-c4nc5ccccc5n4-c4ccccc4)ccc32)c2cc3c(cc21)oc1ccccc13. The van der Waals surface area contributed by atoms with Gasteiger partial charge in [-0.15, -0.1) is 0 Å². The second-order valence-corrected chi connectivity index (χ2v) is 18.4. The zero-order valence-electron chi connectivity index (χ0n) is 30.0. The molecular weight excluding hydrogens is 724 g/mol. The second-order valence-electron chi connectivity index (χ2n) is 14.6. The molecule has 0 saturated carbocycles. The lowest BCUT2D eigenvalue weighted by molar-refractivity contribution is 0.589. The Kier molecular flexibility index (Phi) is 6.73. The number of benzene rings is 8. The van der Waals surface area contributed by atoms with Gasteiger partial charge in [-0.05, 0) is 76.9 Å². The van der Waals surface area contributed by atoms with Crippen LogP contribution >= 0.6 is 18.9 Å². The van der Waals surface area contributed by atoms with Crippen molar-refractivity contribution in [3.05, 3.63) is 210 Å². The monoisotopic (exact) mass is 754 g/mol. The summed E-state index contributed by atoms with van der Waals surface area (Å²) in [5, 5.41) is 4.55. The molecule has 4 heterocycles. The van der Waals surface area contributed by atoms with E-state index in [2.05, 4.69) is 132 Å². The maximum absolute atomic E-state index is 16.4. The Labute approximate surface area is 327 Å². The van der Waals surface area contributed by atoms with E-state index < -0.39 is 12.6 Å². The molecule has 2 aromatic heterocycles. The summed E-state index contributed by atoms with van der Waals surface area (Å²) in [6.45, 7) is 0. The molecule has 10 aromatic rings. The Bertz CT molecular complexity index is 3280. The number of para-hydroxylation sites is 4. The number of hydrogen-bond acceptors (Lipinski definition) is 4. The first-order valence-corrected chi connectivity index (χ1v) is 21.3. The fourth-order valence-corrected chi connectivity index (χ4v) is 13.8. The van der Waals surface area contributed by atoms with E-state index in [9.17, 15) is 0 Å². The molecule has 1 spiro atoms. The minimum atomic E-state index is -3.40. The standard InChI is InChI=1S/C50H31N2O2PS/c53-55(34-17-5-2-6-18-34)45-25-13-8-20-37(45)50(40-30-36-35-19-7-12-24-43(35)54-44(36)31-46(40)55)38-21-9-14-26-47(38)56-48-29-32(27-28-39(48)50)49-51-41-22-10-11-23-42(41)52(49)33-15-3-1-4-16-33/h1-31H. The predicted octanol–water partition coefficient (Wildman–Crippen LogP) is 11.4. The van der Waals surface area contributed by atoms with E-state index in [0.29, 0.717) is 0 Å². The first kappa shape index (κ1) is 31.9. The third-order valence-electron chi connectivity index (χ3n) is 11.7. The third kappa shape index (κ3) is 4.22. The van der Waals surface area contributed by atoms with Crippen molar-refractivity contribution in [3.8, 4) is 17.1 Å². The van der Waals surface area contributed by atoms with Crippen LogP contribution in [0, 0.1) is 0 Å². The molecule has 264 valence electrons. The maximum Gasteiger partial charge on any atom is 0.171 e. The molecule has 0 saturated heterocycles. The molecule has 2 unspecified atom stereocenters. The van der Waals surface area contributed by atoms with Gasteiger partial charge in [0.05, 0.1) is 16.4 Å². The summed E-state index contributed by atoms with van der Waals surface area (Å²) in [4.78, 5) is 7.56. The number of imidazole rings is 1. The lowest BCUT2D eigenvalue weighted by Gasteiger charge is -2.47. The van der Waals surface area contributed by atoms with E-state index >= 15 is 4.57 Å². The smallest absolute Gasteiger partial charge is 0.171 e. The van der Waals surface area contributed by atoms with Crippen LogP contribution in [0.5, 0.6) is 0 Å². The minimum absolute atomic E-state index is 0.740. The molecule has 6 heteroatoms.